The van der Waals surface area contributed by atoms with Gasteiger partial charge in [-0.05, 0) is 41.5 Å². The Morgan fingerprint density at radius 2 is 1.58 bits per heavy atom. The van der Waals surface area contributed by atoms with E-state index in [9.17, 15) is 5.11 Å². The zero-order valence-electron chi connectivity index (χ0n) is 11.8. The van der Waals surface area contributed by atoms with Gasteiger partial charge in [-0.2, -0.15) is 0 Å². The fourth-order valence-electron chi connectivity index (χ4n) is 2.61. The Morgan fingerprint density at radius 3 is 2.26 bits per heavy atom. The van der Waals surface area contributed by atoms with E-state index in [0.29, 0.717) is 11.7 Å². The molecule has 2 rings (SSSR count). The summed E-state index contributed by atoms with van der Waals surface area (Å²) in [6.45, 7) is 4.39. The fourth-order valence-corrected chi connectivity index (χ4v) is 2.61. The second kappa shape index (κ2) is 6.42. The van der Waals surface area contributed by atoms with E-state index in [1.54, 1.807) is 6.07 Å². The standard InChI is InChI=1S/C18H22O/c1-3-8-15-9-4-5-10-16(15)13-14(2)17-11-6-7-12-18(17)19/h4-7,9-12,14,19H,3,8,13H2,1-2H3. The monoisotopic (exact) mass is 254 g/mol. The van der Waals surface area contributed by atoms with Crippen molar-refractivity contribution < 1.29 is 5.11 Å². The molecule has 0 spiro atoms. The Hall–Kier alpha value is -1.76. The van der Waals surface area contributed by atoms with Crippen LogP contribution in [0, 0.1) is 0 Å². The van der Waals surface area contributed by atoms with Crippen molar-refractivity contribution in [3.8, 4) is 5.75 Å². The van der Waals surface area contributed by atoms with Gasteiger partial charge in [0, 0.05) is 0 Å². The van der Waals surface area contributed by atoms with E-state index in [0.717, 1.165) is 18.4 Å². The molecule has 2 aromatic carbocycles. The van der Waals surface area contributed by atoms with Crippen LogP contribution >= 0.6 is 0 Å². The summed E-state index contributed by atoms with van der Waals surface area (Å²) in [7, 11) is 0. The van der Waals surface area contributed by atoms with Crippen molar-refractivity contribution in [3.05, 3.63) is 65.2 Å². The highest BCUT2D eigenvalue weighted by Gasteiger charge is 2.12. The maximum Gasteiger partial charge on any atom is 0.119 e. The topological polar surface area (TPSA) is 20.2 Å². The molecule has 1 atom stereocenters. The summed E-state index contributed by atoms with van der Waals surface area (Å²) in [6.07, 6.45) is 3.28. The highest BCUT2D eigenvalue weighted by Crippen LogP contribution is 2.29. The second-order valence-electron chi connectivity index (χ2n) is 5.18. The smallest absolute Gasteiger partial charge is 0.119 e. The number of aryl methyl sites for hydroxylation is 1. The first-order chi connectivity index (χ1) is 9.22. The van der Waals surface area contributed by atoms with Gasteiger partial charge in [-0.1, -0.05) is 62.7 Å². The molecule has 1 heteroatoms. The molecule has 0 aliphatic heterocycles. The minimum atomic E-state index is 0.333. The number of aromatic hydroxyl groups is 1. The van der Waals surface area contributed by atoms with Crippen LogP contribution in [0.4, 0.5) is 0 Å². The van der Waals surface area contributed by atoms with Gasteiger partial charge in [0.15, 0.2) is 0 Å². The molecule has 0 radical (unpaired) electrons. The Balaban J connectivity index is 2.19. The van der Waals surface area contributed by atoms with Crippen LogP contribution in [-0.4, -0.2) is 5.11 Å². The Labute approximate surface area is 115 Å². The van der Waals surface area contributed by atoms with Gasteiger partial charge in [0.25, 0.3) is 0 Å². The Kier molecular flexibility index (Phi) is 4.62. The van der Waals surface area contributed by atoms with Crippen molar-refractivity contribution in [2.45, 2.75) is 39.0 Å². The lowest BCUT2D eigenvalue weighted by molar-refractivity contribution is 0.462. The van der Waals surface area contributed by atoms with Crippen LogP contribution in [0.5, 0.6) is 5.75 Å². The van der Waals surface area contributed by atoms with Crippen molar-refractivity contribution in [3.63, 3.8) is 0 Å². The normalized spacial score (nSPS) is 12.3. The van der Waals surface area contributed by atoms with Gasteiger partial charge >= 0.3 is 0 Å². The summed E-state index contributed by atoms with van der Waals surface area (Å²) >= 11 is 0. The average molecular weight is 254 g/mol. The molecule has 0 aliphatic rings. The average Bonchev–Trinajstić information content (AvgIpc) is 2.41. The highest BCUT2D eigenvalue weighted by atomic mass is 16.3. The van der Waals surface area contributed by atoms with Crippen molar-refractivity contribution >= 4 is 0 Å². The third kappa shape index (κ3) is 3.37. The molecule has 0 saturated carbocycles. The first-order valence-corrected chi connectivity index (χ1v) is 7.07. The van der Waals surface area contributed by atoms with E-state index < -0.39 is 0 Å². The molecule has 0 heterocycles. The summed E-state index contributed by atoms with van der Waals surface area (Å²) in [4.78, 5) is 0. The largest absolute Gasteiger partial charge is 0.508 e. The van der Waals surface area contributed by atoms with E-state index in [1.165, 1.54) is 17.5 Å². The summed E-state index contributed by atoms with van der Waals surface area (Å²) in [5.41, 5.74) is 3.88. The van der Waals surface area contributed by atoms with Crippen LogP contribution in [0.3, 0.4) is 0 Å². The zero-order valence-corrected chi connectivity index (χ0v) is 11.8. The van der Waals surface area contributed by atoms with Gasteiger partial charge in [0.2, 0.25) is 0 Å². The van der Waals surface area contributed by atoms with E-state index in [2.05, 4.69) is 38.1 Å². The lowest BCUT2D eigenvalue weighted by Gasteiger charge is -2.16. The fraction of sp³-hybridized carbons (Fsp3) is 0.333. The minimum absolute atomic E-state index is 0.333. The maximum absolute atomic E-state index is 9.93. The van der Waals surface area contributed by atoms with Gasteiger partial charge in [0.1, 0.15) is 5.75 Å². The van der Waals surface area contributed by atoms with E-state index in [-0.39, 0.29) is 0 Å². The van der Waals surface area contributed by atoms with Crippen molar-refractivity contribution in [1.29, 1.82) is 0 Å². The SMILES string of the molecule is CCCc1ccccc1CC(C)c1ccccc1O. The van der Waals surface area contributed by atoms with Crippen molar-refractivity contribution in [2.75, 3.05) is 0 Å². The molecule has 1 nitrogen and oxygen atoms in total. The van der Waals surface area contributed by atoms with Gasteiger partial charge < -0.3 is 5.11 Å². The van der Waals surface area contributed by atoms with E-state index in [1.807, 2.05) is 18.2 Å². The first-order valence-electron chi connectivity index (χ1n) is 7.07. The molecule has 0 aliphatic carbocycles. The molecule has 0 fully saturated rings. The van der Waals surface area contributed by atoms with Crippen molar-refractivity contribution in [1.82, 2.24) is 0 Å². The molecule has 0 saturated heterocycles. The van der Waals surface area contributed by atoms with E-state index in [4.69, 9.17) is 0 Å². The number of phenolic OH excluding ortho intramolecular Hbond substituents is 1. The van der Waals surface area contributed by atoms with Gasteiger partial charge in [-0.3, -0.25) is 0 Å². The molecular formula is C18H22O. The molecular weight excluding hydrogens is 232 g/mol. The lowest BCUT2D eigenvalue weighted by atomic mass is 9.90. The second-order valence-corrected chi connectivity index (χ2v) is 5.18. The molecule has 100 valence electrons. The van der Waals surface area contributed by atoms with Crippen LogP contribution in [0.25, 0.3) is 0 Å². The van der Waals surface area contributed by atoms with Crippen LogP contribution in [0.15, 0.2) is 48.5 Å². The first kappa shape index (κ1) is 13.7. The number of rotatable bonds is 5. The van der Waals surface area contributed by atoms with Crippen LogP contribution in [-0.2, 0) is 12.8 Å². The quantitative estimate of drug-likeness (QED) is 0.820. The summed E-state index contributed by atoms with van der Waals surface area (Å²) < 4.78 is 0. The predicted molar refractivity (Wildman–Crippen MR) is 80.7 cm³/mol. The van der Waals surface area contributed by atoms with Gasteiger partial charge in [-0.15, -0.1) is 0 Å². The molecule has 19 heavy (non-hydrogen) atoms. The molecule has 0 amide bonds. The number of hydrogen-bond donors (Lipinski definition) is 1. The number of hydrogen-bond acceptors (Lipinski definition) is 1. The van der Waals surface area contributed by atoms with Gasteiger partial charge in [0.05, 0.1) is 0 Å². The van der Waals surface area contributed by atoms with Crippen LogP contribution in [0.1, 0.15) is 42.9 Å². The highest BCUT2D eigenvalue weighted by molar-refractivity contribution is 5.37. The zero-order chi connectivity index (χ0) is 13.7. The van der Waals surface area contributed by atoms with Crippen LogP contribution in [0.2, 0.25) is 0 Å². The summed E-state index contributed by atoms with van der Waals surface area (Å²) in [5, 5.41) is 9.93. The maximum atomic E-state index is 9.93. The van der Waals surface area contributed by atoms with Crippen LogP contribution < -0.4 is 0 Å². The Bertz CT molecular complexity index is 531. The molecule has 2 aromatic rings. The summed E-state index contributed by atoms with van der Waals surface area (Å²) in [6, 6.07) is 16.3. The van der Waals surface area contributed by atoms with Crippen molar-refractivity contribution in [2.24, 2.45) is 0 Å². The number of benzene rings is 2. The molecule has 1 unspecified atom stereocenters. The number of phenols is 1. The minimum Gasteiger partial charge on any atom is -0.508 e. The molecule has 0 bridgehead atoms. The lowest BCUT2D eigenvalue weighted by Crippen LogP contribution is -2.02. The molecule has 1 N–H and O–H groups in total. The third-order valence-electron chi connectivity index (χ3n) is 3.63. The summed E-state index contributed by atoms with van der Waals surface area (Å²) in [5.74, 6) is 0.738. The third-order valence-corrected chi connectivity index (χ3v) is 3.63. The number of para-hydroxylation sites is 1. The van der Waals surface area contributed by atoms with Gasteiger partial charge in [-0.25, -0.2) is 0 Å². The Morgan fingerprint density at radius 1 is 0.947 bits per heavy atom. The predicted octanol–water partition coefficient (Wildman–Crippen LogP) is 4.69. The van der Waals surface area contributed by atoms with E-state index >= 15 is 0 Å². The molecule has 0 aromatic heterocycles.